The van der Waals surface area contributed by atoms with Crippen LogP contribution in [0.15, 0.2) is 12.1 Å². The zero-order valence-corrected chi connectivity index (χ0v) is 7.74. The Hall–Kier alpha value is -1.93. The third-order valence-electron chi connectivity index (χ3n) is 1.65. The van der Waals surface area contributed by atoms with Gasteiger partial charge < -0.3 is 15.2 Å². The van der Waals surface area contributed by atoms with Crippen LogP contribution in [0, 0.1) is 0 Å². The van der Waals surface area contributed by atoms with E-state index in [2.05, 4.69) is 10.1 Å². The molecule has 0 saturated carbocycles. The number of nitrogens with zero attached hydrogens (tertiary/aromatic N) is 1. The standard InChI is InChI=1S/C7H7F3N2O4/c8-7(9,10)5(13)12-2-1-11-3-4(12)16-6(14)15/h3,11H,1-2H2,(H,14,15). The maximum absolute atomic E-state index is 12.1. The first kappa shape index (κ1) is 12.1. The molecule has 2 N–H and O–H groups in total. The third-order valence-corrected chi connectivity index (χ3v) is 1.65. The molecule has 0 aromatic carbocycles. The van der Waals surface area contributed by atoms with Crippen molar-refractivity contribution in [3.63, 3.8) is 0 Å². The molecule has 9 heteroatoms. The lowest BCUT2D eigenvalue weighted by Gasteiger charge is -2.27. The molecule has 1 aliphatic heterocycles. The number of amides is 1. The molecular weight excluding hydrogens is 233 g/mol. The smallest absolute Gasteiger partial charge is 0.449 e. The number of ether oxygens (including phenoxy) is 1. The van der Waals surface area contributed by atoms with Crippen molar-refractivity contribution in [2.24, 2.45) is 0 Å². The molecule has 0 radical (unpaired) electrons. The molecule has 0 atom stereocenters. The molecule has 6 nitrogen and oxygen atoms in total. The summed E-state index contributed by atoms with van der Waals surface area (Å²) in [4.78, 5) is 21.3. The highest BCUT2D eigenvalue weighted by Gasteiger charge is 2.44. The second-order valence-electron chi connectivity index (χ2n) is 2.76. The summed E-state index contributed by atoms with van der Waals surface area (Å²) in [5.41, 5.74) is 0. The van der Waals surface area contributed by atoms with E-state index in [0.29, 0.717) is 0 Å². The van der Waals surface area contributed by atoms with Gasteiger partial charge in [-0.1, -0.05) is 0 Å². The fraction of sp³-hybridized carbons (Fsp3) is 0.429. The quantitative estimate of drug-likeness (QED) is 0.651. The molecule has 16 heavy (non-hydrogen) atoms. The van der Waals surface area contributed by atoms with E-state index < -0.39 is 24.1 Å². The maximum Gasteiger partial charge on any atom is 0.512 e. The number of carbonyl (C=O) groups excluding carboxylic acids is 1. The van der Waals surface area contributed by atoms with Crippen LogP contribution in [0.2, 0.25) is 0 Å². The number of hydrogen-bond donors (Lipinski definition) is 2. The summed E-state index contributed by atoms with van der Waals surface area (Å²) in [6.07, 6.45) is -5.98. The van der Waals surface area contributed by atoms with Gasteiger partial charge >= 0.3 is 18.2 Å². The molecule has 1 amide bonds. The van der Waals surface area contributed by atoms with Gasteiger partial charge in [0.2, 0.25) is 5.88 Å². The minimum Gasteiger partial charge on any atom is -0.449 e. The largest absolute Gasteiger partial charge is 0.512 e. The van der Waals surface area contributed by atoms with Crippen LogP contribution in [0.1, 0.15) is 0 Å². The number of rotatable bonds is 1. The van der Waals surface area contributed by atoms with E-state index in [-0.39, 0.29) is 18.0 Å². The summed E-state index contributed by atoms with van der Waals surface area (Å²) in [6.45, 7) is -0.244. The van der Waals surface area contributed by atoms with Crippen molar-refractivity contribution < 1.29 is 32.6 Å². The lowest BCUT2D eigenvalue weighted by Crippen LogP contribution is -2.46. The lowest BCUT2D eigenvalue weighted by molar-refractivity contribution is -0.185. The van der Waals surface area contributed by atoms with E-state index in [0.717, 1.165) is 6.20 Å². The van der Waals surface area contributed by atoms with Gasteiger partial charge in [-0.3, -0.25) is 9.69 Å². The average molecular weight is 240 g/mol. The van der Waals surface area contributed by atoms with Crippen molar-refractivity contribution >= 4 is 12.1 Å². The first-order chi connectivity index (χ1) is 7.32. The SMILES string of the molecule is O=C(O)OC1=CNCCN1C(=O)C(F)(F)F. The van der Waals surface area contributed by atoms with Gasteiger partial charge in [0.25, 0.3) is 0 Å². The van der Waals surface area contributed by atoms with Crippen LogP contribution in [0.4, 0.5) is 18.0 Å². The molecule has 0 spiro atoms. The molecule has 1 aliphatic rings. The zero-order valence-electron chi connectivity index (χ0n) is 7.74. The Morgan fingerprint density at radius 3 is 2.62 bits per heavy atom. The Balaban J connectivity index is 2.85. The monoisotopic (exact) mass is 240 g/mol. The van der Waals surface area contributed by atoms with Crippen LogP contribution in [0.3, 0.4) is 0 Å². The van der Waals surface area contributed by atoms with E-state index in [1.165, 1.54) is 0 Å². The number of carboxylic acid groups (broad SMARTS) is 1. The van der Waals surface area contributed by atoms with Gasteiger partial charge in [-0.2, -0.15) is 13.2 Å². The Morgan fingerprint density at radius 1 is 1.50 bits per heavy atom. The number of alkyl halides is 3. The van der Waals surface area contributed by atoms with Crippen LogP contribution in [-0.2, 0) is 9.53 Å². The molecule has 1 rings (SSSR count). The van der Waals surface area contributed by atoms with Gasteiger partial charge in [0, 0.05) is 13.1 Å². The van der Waals surface area contributed by atoms with Crippen LogP contribution in [-0.4, -0.2) is 41.3 Å². The Labute approximate surface area is 87.3 Å². The predicted octanol–water partition coefficient (Wildman–Crippen LogP) is 0.474. The van der Waals surface area contributed by atoms with E-state index >= 15 is 0 Å². The van der Waals surface area contributed by atoms with E-state index in [4.69, 9.17) is 5.11 Å². The highest BCUT2D eigenvalue weighted by Crippen LogP contribution is 2.22. The van der Waals surface area contributed by atoms with Crippen LogP contribution in [0.25, 0.3) is 0 Å². The van der Waals surface area contributed by atoms with Gasteiger partial charge in [0.05, 0.1) is 6.20 Å². The van der Waals surface area contributed by atoms with Crippen molar-refractivity contribution in [2.75, 3.05) is 13.1 Å². The van der Waals surface area contributed by atoms with E-state index in [1.54, 1.807) is 0 Å². The Bertz CT molecular complexity index is 339. The second-order valence-corrected chi connectivity index (χ2v) is 2.76. The molecular formula is C7H7F3N2O4. The third kappa shape index (κ3) is 2.78. The topological polar surface area (TPSA) is 78.9 Å². The number of carbonyl (C=O) groups is 2. The first-order valence-electron chi connectivity index (χ1n) is 4.05. The number of hydrogen-bond acceptors (Lipinski definition) is 4. The van der Waals surface area contributed by atoms with Crippen molar-refractivity contribution in [2.45, 2.75) is 6.18 Å². The summed E-state index contributed by atoms with van der Waals surface area (Å²) < 4.78 is 40.3. The van der Waals surface area contributed by atoms with Crippen LogP contribution < -0.4 is 5.32 Å². The highest BCUT2D eigenvalue weighted by atomic mass is 19.4. The summed E-state index contributed by atoms with van der Waals surface area (Å²) in [5, 5.41) is 10.7. The summed E-state index contributed by atoms with van der Waals surface area (Å²) >= 11 is 0. The molecule has 0 saturated heterocycles. The van der Waals surface area contributed by atoms with Crippen molar-refractivity contribution in [3.8, 4) is 0 Å². The Morgan fingerprint density at radius 2 is 2.12 bits per heavy atom. The predicted molar refractivity (Wildman–Crippen MR) is 43.0 cm³/mol. The minimum atomic E-state index is -5.07. The number of nitrogens with one attached hydrogen (secondary N) is 1. The first-order valence-corrected chi connectivity index (χ1v) is 4.05. The molecule has 1 heterocycles. The molecule has 0 fully saturated rings. The molecule has 90 valence electrons. The molecule has 0 aromatic rings. The second kappa shape index (κ2) is 4.29. The van der Waals surface area contributed by atoms with Gasteiger partial charge in [0.1, 0.15) is 0 Å². The van der Waals surface area contributed by atoms with Gasteiger partial charge in [0.15, 0.2) is 0 Å². The van der Waals surface area contributed by atoms with Crippen molar-refractivity contribution in [1.29, 1.82) is 0 Å². The van der Waals surface area contributed by atoms with Gasteiger partial charge in [-0.25, -0.2) is 4.79 Å². The fourth-order valence-electron chi connectivity index (χ4n) is 1.05. The molecule has 0 aliphatic carbocycles. The maximum atomic E-state index is 12.1. The van der Waals surface area contributed by atoms with Crippen LogP contribution >= 0.6 is 0 Å². The fourth-order valence-corrected chi connectivity index (χ4v) is 1.05. The Kier molecular flexibility index (Phi) is 3.25. The van der Waals surface area contributed by atoms with Gasteiger partial charge in [-0.05, 0) is 0 Å². The summed E-state index contributed by atoms with van der Waals surface area (Å²) in [5.74, 6) is -2.86. The van der Waals surface area contributed by atoms with E-state index in [9.17, 15) is 22.8 Å². The number of halogens is 3. The highest BCUT2D eigenvalue weighted by molar-refractivity contribution is 5.83. The van der Waals surface area contributed by atoms with Crippen molar-refractivity contribution in [1.82, 2.24) is 10.2 Å². The van der Waals surface area contributed by atoms with Crippen molar-refractivity contribution in [3.05, 3.63) is 12.1 Å². The lowest BCUT2D eigenvalue weighted by atomic mass is 10.4. The average Bonchev–Trinajstić information content (AvgIpc) is 2.15. The van der Waals surface area contributed by atoms with E-state index in [1.807, 2.05) is 0 Å². The minimum absolute atomic E-state index is 0.0777. The molecule has 0 aromatic heterocycles. The van der Waals surface area contributed by atoms with Crippen LogP contribution in [0.5, 0.6) is 0 Å². The molecule has 0 bridgehead atoms. The summed E-state index contributed by atoms with van der Waals surface area (Å²) in [6, 6.07) is 0. The summed E-state index contributed by atoms with van der Waals surface area (Å²) in [7, 11) is 0. The molecule has 0 unspecified atom stereocenters. The normalized spacial score (nSPS) is 16.2. The zero-order chi connectivity index (χ0) is 12.3. The van der Waals surface area contributed by atoms with Gasteiger partial charge in [-0.15, -0.1) is 0 Å².